The van der Waals surface area contributed by atoms with E-state index in [1.54, 1.807) is 0 Å². The lowest BCUT2D eigenvalue weighted by molar-refractivity contribution is 0.402. The Morgan fingerprint density at radius 2 is 1.70 bits per heavy atom. The summed E-state index contributed by atoms with van der Waals surface area (Å²) in [5, 5.41) is 3.32. The van der Waals surface area contributed by atoms with Gasteiger partial charge in [0.25, 0.3) is 0 Å². The fourth-order valence-electron chi connectivity index (χ4n) is 0.966. The van der Waals surface area contributed by atoms with Crippen LogP contribution in [0.4, 0.5) is 0 Å². The zero-order chi connectivity index (χ0) is 7.82. The summed E-state index contributed by atoms with van der Waals surface area (Å²) in [6, 6.07) is 0. The first-order valence-electron chi connectivity index (χ1n) is 4.52. The molecule has 0 bridgehead atoms. The van der Waals surface area contributed by atoms with E-state index in [-0.39, 0.29) is 1.43 Å². The van der Waals surface area contributed by atoms with Gasteiger partial charge in [0.2, 0.25) is 0 Å². The Balaban J connectivity index is 0. The molecule has 0 radical (unpaired) electrons. The van der Waals surface area contributed by atoms with Crippen LogP contribution in [0.3, 0.4) is 0 Å². The largest absolute Gasteiger partial charge is 0.317 e. The van der Waals surface area contributed by atoms with Gasteiger partial charge in [-0.3, -0.25) is 0 Å². The van der Waals surface area contributed by atoms with Crippen molar-refractivity contribution in [1.82, 2.24) is 5.32 Å². The molecule has 1 nitrogen and oxygen atoms in total. The lowest BCUT2D eigenvalue weighted by Gasteiger charge is -2.17. The molecule has 0 atom stereocenters. The van der Waals surface area contributed by atoms with E-state index in [0.29, 0.717) is 0 Å². The van der Waals surface area contributed by atoms with Gasteiger partial charge in [0.1, 0.15) is 0 Å². The molecule has 0 amide bonds. The van der Waals surface area contributed by atoms with Crippen LogP contribution in [-0.4, -0.2) is 13.1 Å². The summed E-state index contributed by atoms with van der Waals surface area (Å²) in [7, 11) is 0. The zero-order valence-electron chi connectivity index (χ0n) is 7.61. The second kappa shape index (κ2) is 7.07. The maximum atomic E-state index is 3.32. The lowest BCUT2D eigenvalue weighted by Crippen LogP contribution is -2.26. The molecule has 1 saturated heterocycles. The molecular weight excluding hydrogens is 122 g/mol. The van der Waals surface area contributed by atoms with Crippen LogP contribution in [0.5, 0.6) is 0 Å². The van der Waals surface area contributed by atoms with Gasteiger partial charge in [0, 0.05) is 1.43 Å². The summed E-state index contributed by atoms with van der Waals surface area (Å²) in [6.07, 6.45) is 4.00. The maximum Gasteiger partial charge on any atom is 0 e. The van der Waals surface area contributed by atoms with Gasteiger partial charge in [0.15, 0.2) is 0 Å². The standard InChI is InChI=1S/C6H13N.C3H8.H2/c1-6-2-4-7-5-3-6;1-3-2;/h6-7H,2-5H2,1H3;3H2,1-2H3;1H. The maximum absolute atomic E-state index is 3.32. The van der Waals surface area contributed by atoms with Gasteiger partial charge < -0.3 is 5.32 Å². The molecule has 0 aromatic heterocycles. The molecule has 1 N–H and O–H groups in total. The Kier molecular flexibility index (Phi) is 7.04. The average molecular weight is 145 g/mol. The quantitative estimate of drug-likeness (QED) is 0.552. The fraction of sp³-hybridized carbons (Fsp3) is 1.00. The molecule has 1 heteroatoms. The first-order chi connectivity index (χ1) is 4.81. The average Bonchev–Trinajstić information content (AvgIpc) is 1.91. The van der Waals surface area contributed by atoms with Gasteiger partial charge in [-0.05, 0) is 31.8 Å². The minimum atomic E-state index is 0. The van der Waals surface area contributed by atoms with Crippen molar-refractivity contribution in [2.45, 2.75) is 40.0 Å². The minimum Gasteiger partial charge on any atom is -0.317 e. The third kappa shape index (κ3) is 6.09. The molecule has 0 spiro atoms. The van der Waals surface area contributed by atoms with Gasteiger partial charge in [-0.15, -0.1) is 0 Å². The van der Waals surface area contributed by atoms with Gasteiger partial charge in [-0.25, -0.2) is 0 Å². The van der Waals surface area contributed by atoms with Crippen LogP contribution < -0.4 is 5.32 Å². The van der Waals surface area contributed by atoms with E-state index in [1.165, 1.54) is 32.4 Å². The van der Waals surface area contributed by atoms with Crippen molar-refractivity contribution in [2.24, 2.45) is 5.92 Å². The Morgan fingerprint density at radius 3 is 1.90 bits per heavy atom. The van der Waals surface area contributed by atoms with Crippen molar-refractivity contribution < 1.29 is 1.43 Å². The summed E-state index contributed by atoms with van der Waals surface area (Å²) in [5.74, 6) is 0.973. The van der Waals surface area contributed by atoms with Crippen LogP contribution >= 0.6 is 0 Å². The third-order valence-corrected chi connectivity index (χ3v) is 1.63. The van der Waals surface area contributed by atoms with Gasteiger partial charge in [-0.1, -0.05) is 27.2 Å². The van der Waals surface area contributed by atoms with Crippen molar-refractivity contribution in [1.29, 1.82) is 0 Å². The Bertz CT molecular complexity index is 60.6. The first kappa shape index (κ1) is 9.96. The predicted octanol–water partition coefficient (Wildman–Crippen LogP) is 2.67. The van der Waals surface area contributed by atoms with E-state index in [0.717, 1.165) is 5.92 Å². The van der Waals surface area contributed by atoms with Gasteiger partial charge in [0.05, 0.1) is 0 Å². The molecule has 10 heavy (non-hydrogen) atoms. The number of nitrogens with one attached hydrogen (secondary N) is 1. The lowest BCUT2D eigenvalue weighted by atomic mass is 10.0. The van der Waals surface area contributed by atoms with Crippen molar-refractivity contribution in [3.8, 4) is 0 Å². The van der Waals surface area contributed by atoms with Crippen molar-refractivity contribution >= 4 is 0 Å². The summed E-state index contributed by atoms with van der Waals surface area (Å²) in [4.78, 5) is 0. The predicted molar refractivity (Wildman–Crippen MR) is 49.3 cm³/mol. The number of piperidine rings is 1. The molecule has 64 valence electrons. The van der Waals surface area contributed by atoms with Crippen LogP contribution in [-0.2, 0) is 0 Å². The molecule has 0 unspecified atom stereocenters. The SMILES string of the molecule is CC1CCNCC1.CCC.[HH]. The van der Waals surface area contributed by atoms with Gasteiger partial charge in [-0.2, -0.15) is 0 Å². The van der Waals surface area contributed by atoms with E-state index in [9.17, 15) is 0 Å². The second-order valence-electron chi connectivity index (χ2n) is 3.14. The molecule has 1 heterocycles. The van der Waals surface area contributed by atoms with Crippen LogP contribution in [0.2, 0.25) is 0 Å². The fourth-order valence-corrected chi connectivity index (χ4v) is 0.966. The summed E-state index contributed by atoms with van der Waals surface area (Å²) >= 11 is 0. The summed E-state index contributed by atoms with van der Waals surface area (Å²) in [6.45, 7) is 9.04. The molecule has 1 aliphatic heterocycles. The smallest absolute Gasteiger partial charge is 0 e. The minimum absolute atomic E-state index is 0. The number of hydrogen-bond acceptors (Lipinski definition) is 1. The molecule has 0 aromatic rings. The van der Waals surface area contributed by atoms with E-state index >= 15 is 0 Å². The van der Waals surface area contributed by atoms with E-state index < -0.39 is 0 Å². The highest BCUT2D eigenvalue weighted by molar-refractivity contribution is 4.62. The molecular formula is C9H23N. The van der Waals surface area contributed by atoms with Gasteiger partial charge >= 0.3 is 0 Å². The Morgan fingerprint density at radius 1 is 1.30 bits per heavy atom. The van der Waals surface area contributed by atoms with E-state index in [2.05, 4.69) is 26.1 Å². The van der Waals surface area contributed by atoms with E-state index in [4.69, 9.17) is 0 Å². The van der Waals surface area contributed by atoms with Crippen LogP contribution in [0.15, 0.2) is 0 Å². The Labute approximate surface area is 66.7 Å². The highest BCUT2D eigenvalue weighted by Gasteiger charge is 2.04. The third-order valence-electron chi connectivity index (χ3n) is 1.63. The van der Waals surface area contributed by atoms with Crippen molar-refractivity contribution in [2.75, 3.05) is 13.1 Å². The van der Waals surface area contributed by atoms with Crippen molar-refractivity contribution in [3.63, 3.8) is 0 Å². The Hall–Kier alpha value is -0.0400. The van der Waals surface area contributed by atoms with Crippen LogP contribution in [0.25, 0.3) is 0 Å². The van der Waals surface area contributed by atoms with Crippen molar-refractivity contribution in [3.05, 3.63) is 0 Å². The highest BCUT2D eigenvalue weighted by atomic mass is 14.9. The second-order valence-corrected chi connectivity index (χ2v) is 3.14. The monoisotopic (exact) mass is 145 g/mol. The molecule has 0 saturated carbocycles. The zero-order valence-corrected chi connectivity index (χ0v) is 7.61. The molecule has 1 aliphatic rings. The normalized spacial score (nSPS) is 19.5. The number of hydrogen-bond donors (Lipinski definition) is 1. The van der Waals surface area contributed by atoms with Crippen LogP contribution in [0.1, 0.15) is 41.5 Å². The topological polar surface area (TPSA) is 12.0 Å². The molecule has 0 aromatic carbocycles. The van der Waals surface area contributed by atoms with E-state index in [1.807, 2.05) is 0 Å². The molecule has 1 fully saturated rings. The highest BCUT2D eigenvalue weighted by Crippen LogP contribution is 2.08. The first-order valence-corrected chi connectivity index (χ1v) is 4.52. The summed E-state index contributed by atoms with van der Waals surface area (Å²) in [5.41, 5.74) is 0. The molecule has 0 aliphatic carbocycles. The molecule has 1 rings (SSSR count). The number of rotatable bonds is 0. The van der Waals surface area contributed by atoms with Crippen LogP contribution in [0, 0.1) is 5.92 Å². The summed E-state index contributed by atoms with van der Waals surface area (Å²) < 4.78 is 0.